The van der Waals surface area contributed by atoms with Gasteiger partial charge < -0.3 is 10.2 Å². The number of allylic oxidation sites excluding steroid dienone is 1. The van der Waals surface area contributed by atoms with Crippen LogP contribution in [0.2, 0.25) is 0 Å². The second-order valence-corrected chi connectivity index (χ2v) is 5.04. The number of rotatable bonds is 7. The van der Waals surface area contributed by atoms with Crippen LogP contribution in [-0.4, -0.2) is 29.4 Å². The molecule has 0 spiro atoms. The van der Waals surface area contributed by atoms with E-state index in [4.69, 9.17) is 0 Å². The second kappa shape index (κ2) is 8.15. The molecule has 17 heavy (non-hydrogen) atoms. The Morgan fingerprint density at radius 2 is 1.76 bits per heavy atom. The molecule has 1 amide bonds. The molecule has 0 fully saturated rings. The minimum atomic E-state index is 0.0940. The van der Waals surface area contributed by atoms with Gasteiger partial charge in [0.1, 0.15) is 0 Å². The highest BCUT2D eigenvalue weighted by Crippen LogP contribution is 2.07. The van der Waals surface area contributed by atoms with Gasteiger partial charge in [-0.05, 0) is 41.0 Å². The number of nitrogens with zero attached hydrogens (tertiary/aromatic N) is 1. The summed E-state index contributed by atoms with van der Waals surface area (Å²) in [4.78, 5) is 14.0. The van der Waals surface area contributed by atoms with E-state index in [0.29, 0.717) is 0 Å². The number of carbonyl (C=O) groups excluding carboxylic acids is 1. The molecule has 0 saturated heterocycles. The van der Waals surface area contributed by atoms with Crippen molar-refractivity contribution in [2.75, 3.05) is 6.54 Å². The van der Waals surface area contributed by atoms with Crippen molar-refractivity contribution in [2.24, 2.45) is 0 Å². The first kappa shape index (κ1) is 16.0. The van der Waals surface area contributed by atoms with Crippen LogP contribution < -0.4 is 5.32 Å². The lowest BCUT2D eigenvalue weighted by Crippen LogP contribution is -2.41. The molecule has 0 unspecified atom stereocenters. The average molecular weight is 240 g/mol. The minimum absolute atomic E-state index is 0.0940. The normalized spacial score (nSPS) is 12.1. The monoisotopic (exact) mass is 240 g/mol. The third-order valence-electron chi connectivity index (χ3n) is 2.64. The third-order valence-corrected chi connectivity index (χ3v) is 2.64. The highest BCUT2D eigenvalue weighted by atomic mass is 16.2. The van der Waals surface area contributed by atoms with Crippen molar-refractivity contribution in [1.82, 2.24) is 10.2 Å². The van der Waals surface area contributed by atoms with Gasteiger partial charge in [-0.15, -0.1) is 0 Å². The van der Waals surface area contributed by atoms with Crippen LogP contribution >= 0.6 is 0 Å². The molecule has 3 nitrogen and oxygen atoms in total. The van der Waals surface area contributed by atoms with Crippen LogP contribution in [0.4, 0.5) is 0 Å². The van der Waals surface area contributed by atoms with E-state index in [1.807, 2.05) is 39.5 Å². The largest absolute Gasteiger partial charge is 0.388 e. The van der Waals surface area contributed by atoms with Gasteiger partial charge in [0.15, 0.2) is 0 Å². The van der Waals surface area contributed by atoms with Crippen molar-refractivity contribution in [3.8, 4) is 0 Å². The predicted octanol–water partition coefficient (Wildman–Crippen LogP) is 2.93. The van der Waals surface area contributed by atoms with E-state index in [-0.39, 0.29) is 18.0 Å². The summed E-state index contributed by atoms with van der Waals surface area (Å²) >= 11 is 0. The zero-order valence-electron chi connectivity index (χ0n) is 12.2. The fraction of sp³-hybridized carbons (Fsp3) is 0.786. The molecule has 1 N–H and O–H groups in total. The molecule has 0 aliphatic rings. The Morgan fingerprint density at radius 1 is 1.24 bits per heavy atom. The zero-order chi connectivity index (χ0) is 13.4. The number of carbonyl (C=O) groups is 1. The quantitative estimate of drug-likeness (QED) is 0.548. The summed E-state index contributed by atoms with van der Waals surface area (Å²) in [6, 6.07) is 0.476. The Bertz CT molecular complexity index is 249. The Kier molecular flexibility index (Phi) is 7.68. The van der Waals surface area contributed by atoms with E-state index in [1.165, 1.54) is 6.42 Å². The van der Waals surface area contributed by atoms with Crippen molar-refractivity contribution in [3.63, 3.8) is 0 Å². The van der Waals surface area contributed by atoms with Gasteiger partial charge in [-0.2, -0.15) is 0 Å². The zero-order valence-corrected chi connectivity index (χ0v) is 12.2. The van der Waals surface area contributed by atoms with Crippen molar-refractivity contribution in [3.05, 3.63) is 11.8 Å². The van der Waals surface area contributed by atoms with Crippen LogP contribution in [0.1, 0.15) is 54.4 Å². The first-order valence-corrected chi connectivity index (χ1v) is 6.64. The standard InChI is InChI=1S/C14H28N2O/c1-7-8-9-15-13(6)10-14(17)16(11(2)3)12(4)5/h10-12,15H,7-9H2,1-6H3. The summed E-state index contributed by atoms with van der Waals surface area (Å²) in [5, 5.41) is 3.26. The maximum Gasteiger partial charge on any atom is 0.248 e. The number of unbranched alkanes of at least 4 members (excludes halogenated alkanes) is 1. The number of hydrogen-bond donors (Lipinski definition) is 1. The van der Waals surface area contributed by atoms with E-state index >= 15 is 0 Å². The number of amides is 1. The van der Waals surface area contributed by atoms with Crippen molar-refractivity contribution in [2.45, 2.75) is 66.5 Å². The molecular weight excluding hydrogens is 212 g/mol. The van der Waals surface area contributed by atoms with Gasteiger partial charge in [0.2, 0.25) is 5.91 Å². The topological polar surface area (TPSA) is 32.3 Å². The van der Waals surface area contributed by atoms with Gasteiger partial charge in [-0.25, -0.2) is 0 Å². The smallest absolute Gasteiger partial charge is 0.248 e. The van der Waals surface area contributed by atoms with Crippen molar-refractivity contribution in [1.29, 1.82) is 0 Å². The summed E-state index contributed by atoms with van der Waals surface area (Å²) in [5.41, 5.74) is 0.953. The molecule has 0 bridgehead atoms. The van der Waals surface area contributed by atoms with E-state index in [0.717, 1.165) is 18.7 Å². The van der Waals surface area contributed by atoms with E-state index in [2.05, 4.69) is 12.2 Å². The van der Waals surface area contributed by atoms with Crippen LogP contribution in [0.3, 0.4) is 0 Å². The second-order valence-electron chi connectivity index (χ2n) is 5.04. The van der Waals surface area contributed by atoms with Crippen molar-refractivity contribution >= 4 is 5.91 Å². The maximum atomic E-state index is 12.1. The summed E-state index contributed by atoms with van der Waals surface area (Å²) in [6.45, 7) is 13.2. The molecule has 100 valence electrons. The van der Waals surface area contributed by atoms with Crippen LogP contribution in [0.5, 0.6) is 0 Å². The summed E-state index contributed by atoms with van der Waals surface area (Å²) in [6.07, 6.45) is 4.01. The van der Waals surface area contributed by atoms with E-state index < -0.39 is 0 Å². The Balaban J connectivity index is 4.42. The number of hydrogen-bond acceptors (Lipinski definition) is 2. The Hall–Kier alpha value is -0.990. The lowest BCUT2D eigenvalue weighted by atomic mass is 10.2. The molecule has 0 aliphatic carbocycles. The molecule has 0 aromatic carbocycles. The van der Waals surface area contributed by atoms with Crippen LogP contribution in [0, 0.1) is 0 Å². The SMILES string of the molecule is CCCCNC(C)=CC(=O)N(C(C)C)C(C)C. The number of nitrogens with one attached hydrogen (secondary N) is 1. The predicted molar refractivity (Wildman–Crippen MR) is 73.8 cm³/mol. The molecule has 0 aromatic rings. The lowest BCUT2D eigenvalue weighted by molar-refractivity contribution is -0.129. The summed E-state index contributed by atoms with van der Waals surface area (Å²) in [7, 11) is 0. The highest BCUT2D eigenvalue weighted by Gasteiger charge is 2.17. The fourth-order valence-corrected chi connectivity index (χ4v) is 1.88. The molecule has 0 saturated carbocycles. The molecule has 0 radical (unpaired) electrons. The average Bonchev–Trinajstić information content (AvgIpc) is 2.16. The molecule has 0 atom stereocenters. The molecule has 3 heteroatoms. The maximum absolute atomic E-state index is 12.1. The van der Waals surface area contributed by atoms with Gasteiger partial charge in [0.05, 0.1) is 0 Å². The molecule has 0 rings (SSSR count). The summed E-state index contributed by atoms with van der Waals surface area (Å²) in [5.74, 6) is 0.0940. The van der Waals surface area contributed by atoms with Gasteiger partial charge >= 0.3 is 0 Å². The van der Waals surface area contributed by atoms with Gasteiger partial charge in [-0.1, -0.05) is 13.3 Å². The van der Waals surface area contributed by atoms with Crippen LogP contribution in [-0.2, 0) is 4.79 Å². The summed E-state index contributed by atoms with van der Waals surface area (Å²) < 4.78 is 0. The van der Waals surface area contributed by atoms with Gasteiger partial charge in [0.25, 0.3) is 0 Å². The molecule has 0 aliphatic heterocycles. The van der Waals surface area contributed by atoms with Gasteiger partial charge in [0, 0.05) is 30.4 Å². The Morgan fingerprint density at radius 3 is 2.18 bits per heavy atom. The fourth-order valence-electron chi connectivity index (χ4n) is 1.88. The first-order valence-electron chi connectivity index (χ1n) is 6.64. The van der Waals surface area contributed by atoms with Crippen molar-refractivity contribution < 1.29 is 4.79 Å². The molecule has 0 aromatic heterocycles. The lowest BCUT2D eigenvalue weighted by Gasteiger charge is -2.29. The van der Waals surface area contributed by atoms with Gasteiger partial charge in [-0.3, -0.25) is 4.79 Å². The van der Waals surface area contributed by atoms with E-state index in [1.54, 1.807) is 6.08 Å². The highest BCUT2D eigenvalue weighted by molar-refractivity contribution is 5.88. The molecule has 0 heterocycles. The molecular formula is C14H28N2O. The van der Waals surface area contributed by atoms with Crippen LogP contribution in [0.25, 0.3) is 0 Å². The first-order chi connectivity index (χ1) is 7.90. The van der Waals surface area contributed by atoms with E-state index in [9.17, 15) is 4.79 Å². The minimum Gasteiger partial charge on any atom is -0.388 e. The van der Waals surface area contributed by atoms with Crippen LogP contribution in [0.15, 0.2) is 11.8 Å². The Labute approximate surface area is 106 Å². The third kappa shape index (κ3) is 6.35.